The fourth-order valence-corrected chi connectivity index (χ4v) is 5.09. The average Bonchev–Trinajstić information content (AvgIpc) is 3.12. The van der Waals surface area contributed by atoms with E-state index in [0.29, 0.717) is 6.42 Å². The van der Waals surface area contributed by atoms with Gasteiger partial charge in [0.25, 0.3) is 0 Å². The van der Waals surface area contributed by atoms with E-state index in [1.54, 1.807) is 7.11 Å². The number of fused-ring (bicyclic) bond motifs is 3. The smallest absolute Gasteiger partial charge is 0.312 e. The number of methoxy groups -OCH3 is 2. The van der Waals surface area contributed by atoms with Gasteiger partial charge in [-0.1, -0.05) is 13.0 Å². The van der Waals surface area contributed by atoms with Crippen LogP contribution in [0.5, 0.6) is 0 Å². The molecule has 0 unspecified atom stereocenters. The van der Waals surface area contributed by atoms with Crippen LogP contribution in [0.4, 0.5) is 0 Å². The van der Waals surface area contributed by atoms with Gasteiger partial charge < -0.3 is 19.3 Å². The molecule has 3 rings (SSSR count). The summed E-state index contributed by atoms with van der Waals surface area (Å²) in [5, 5.41) is 10.8. The van der Waals surface area contributed by atoms with Gasteiger partial charge in [0.2, 0.25) is 0 Å². The van der Waals surface area contributed by atoms with Gasteiger partial charge in [-0.15, -0.1) is 0 Å². The van der Waals surface area contributed by atoms with E-state index in [4.69, 9.17) is 14.2 Å². The van der Waals surface area contributed by atoms with E-state index in [-0.39, 0.29) is 36.1 Å². The number of ether oxygens (including phenoxy) is 3. The van der Waals surface area contributed by atoms with Crippen molar-refractivity contribution < 1.29 is 24.1 Å². The highest BCUT2D eigenvalue weighted by Gasteiger charge is 2.77. The summed E-state index contributed by atoms with van der Waals surface area (Å²) in [5.74, 6) is 0.0828. The number of allylic oxidation sites excluding steroid dienone is 1. The summed E-state index contributed by atoms with van der Waals surface area (Å²) < 4.78 is 15.9. The lowest BCUT2D eigenvalue weighted by atomic mass is 9.60. The molecule has 0 amide bonds. The van der Waals surface area contributed by atoms with E-state index in [2.05, 4.69) is 13.0 Å². The predicted molar refractivity (Wildman–Crippen MR) is 79.9 cm³/mol. The Bertz CT molecular complexity index is 501. The minimum absolute atomic E-state index is 0.0189. The van der Waals surface area contributed by atoms with Crippen LogP contribution < -0.4 is 0 Å². The Labute approximate surface area is 131 Å². The largest absolute Gasteiger partial charge is 0.469 e. The molecule has 0 aromatic rings. The standard InChI is InChI=1S/C17H26O5/c1-10-5-6-11-13(14(10)22-9-20-3)12(18)7-17(15(19)21-4)8-16(11,17)2/h5,11-14,18H,6-9H2,1-4H3/t11-,12+,13-,14+,16+,17+/m1/s1. The summed E-state index contributed by atoms with van der Waals surface area (Å²) in [7, 11) is 3.03. The molecule has 0 radical (unpaired) electrons. The number of carbonyl (C=O) groups is 1. The molecule has 5 nitrogen and oxygen atoms in total. The molecule has 0 bridgehead atoms. The third-order valence-electron chi connectivity index (χ3n) is 6.36. The molecule has 0 heterocycles. The second-order valence-corrected chi connectivity index (χ2v) is 7.30. The van der Waals surface area contributed by atoms with Gasteiger partial charge in [0.15, 0.2) is 0 Å². The number of aliphatic hydroxyl groups is 1. The fraction of sp³-hybridized carbons (Fsp3) is 0.824. The van der Waals surface area contributed by atoms with Gasteiger partial charge in [-0.25, -0.2) is 0 Å². The molecule has 2 saturated carbocycles. The van der Waals surface area contributed by atoms with Gasteiger partial charge in [0.05, 0.1) is 24.7 Å². The maximum absolute atomic E-state index is 12.3. The predicted octanol–water partition coefficient (Wildman–Crippen LogP) is 1.89. The average molecular weight is 310 g/mol. The zero-order chi connectivity index (χ0) is 16.1. The van der Waals surface area contributed by atoms with Crippen molar-refractivity contribution in [3.63, 3.8) is 0 Å². The molecule has 0 aromatic heterocycles. The lowest BCUT2D eigenvalue weighted by molar-refractivity contribution is -0.164. The number of aliphatic hydroxyl groups excluding tert-OH is 1. The number of hydrogen-bond acceptors (Lipinski definition) is 5. The first kappa shape index (κ1) is 16.0. The summed E-state index contributed by atoms with van der Waals surface area (Å²) in [5.41, 5.74) is 0.537. The number of esters is 1. The van der Waals surface area contributed by atoms with E-state index in [1.807, 2.05) is 6.92 Å². The van der Waals surface area contributed by atoms with E-state index in [9.17, 15) is 9.90 Å². The molecule has 0 spiro atoms. The molecule has 6 atom stereocenters. The molecule has 3 aliphatic carbocycles. The van der Waals surface area contributed by atoms with Crippen LogP contribution in [-0.2, 0) is 19.0 Å². The maximum Gasteiger partial charge on any atom is 0.312 e. The Morgan fingerprint density at radius 2 is 2.18 bits per heavy atom. The second-order valence-electron chi connectivity index (χ2n) is 7.30. The fourth-order valence-electron chi connectivity index (χ4n) is 5.09. The summed E-state index contributed by atoms with van der Waals surface area (Å²) >= 11 is 0. The molecule has 0 aromatic carbocycles. The molecule has 2 fully saturated rings. The summed E-state index contributed by atoms with van der Waals surface area (Å²) in [6.07, 6.45) is 3.65. The van der Waals surface area contributed by atoms with Crippen LogP contribution >= 0.6 is 0 Å². The number of hydrogen-bond donors (Lipinski definition) is 1. The maximum atomic E-state index is 12.3. The first-order valence-corrected chi connectivity index (χ1v) is 7.95. The lowest BCUT2D eigenvalue weighted by Gasteiger charge is -2.48. The lowest BCUT2D eigenvalue weighted by Crippen LogP contribution is -2.51. The van der Waals surface area contributed by atoms with Crippen molar-refractivity contribution in [2.75, 3.05) is 21.0 Å². The Balaban J connectivity index is 1.90. The Morgan fingerprint density at radius 1 is 1.45 bits per heavy atom. The minimum Gasteiger partial charge on any atom is -0.469 e. The molecule has 0 aliphatic heterocycles. The first-order valence-electron chi connectivity index (χ1n) is 7.95. The molecular formula is C17H26O5. The third kappa shape index (κ3) is 1.99. The molecule has 1 N–H and O–H groups in total. The quantitative estimate of drug-likeness (QED) is 0.488. The van der Waals surface area contributed by atoms with Crippen molar-refractivity contribution in [1.29, 1.82) is 0 Å². The van der Waals surface area contributed by atoms with Crippen molar-refractivity contribution in [2.45, 2.75) is 45.3 Å². The van der Waals surface area contributed by atoms with E-state index < -0.39 is 11.5 Å². The van der Waals surface area contributed by atoms with Crippen LogP contribution in [0.1, 0.15) is 33.1 Å². The van der Waals surface area contributed by atoms with Crippen molar-refractivity contribution in [3.05, 3.63) is 11.6 Å². The van der Waals surface area contributed by atoms with Crippen LogP contribution in [0.15, 0.2) is 11.6 Å². The van der Waals surface area contributed by atoms with Gasteiger partial charge in [0, 0.05) is 13.0 Å². The topological polar surface area (TPSA) is 65.0 Å². The molecule has 5 heteroatoms. The van der Waals surface area contributed by atoms with E-state index >= 15 is 0 Å². The van der Waals surface area contributed by atoms with Gasteiger partial charge in [-0.05, 0) is 43.1 Å². The highest BCUT2D eigenvalue weighted by molar-refractivity contribution is 5.82. The monoisotopic (exact) mass is 310 g/mol. The Kier molecular flexibility index (Phi) is 3.86. The van der Waals surface area contributed by atoms with Crippen molar-refractivity contribution in [3.8, 4) is 0 Å². The van der Waals surface area contributed by atoms with Crippen LogP contribution in [-0.4, -0.2) is 44.3 Å². The van der Waals surface area contributed by atoms with E-state index in [1.165, 1.54) is 7.11 Å². The molecule has 22 heavy (non-hydrogen) atoms. The summed E-state index contributed by atoms with van der Waals surface area (Å²) in [4.78, 5) is 12.3. The second kappa shape index (κ2) is 5.32. The Hall–Kier alpha value is -0.910. The van der Waals surface area contributed by atoms with Gasteiger partial charge in [0.1, 0.15) is 6.79 Å². The van der Waals surface area contributed by atoms with Crippen LogP contribution in [0.25, 0.3) is 0 Å². The highest BCUT2D eigenvalue weighted by atomic mass is 16.7. The van der Waals surface area contributed by atoms with Crippen LogP contribution in [0.3, 0.4) is 0 Å². The van der Waals surface area contributed by atoms with Gasteiger partial charge >= 0.3 is 5.97 Å². The minimum atomic E-state index is -0.551. The Morgan fingerprint density at radius 3 is 2.82 bits per heavy atom. The molecular weight excluding hydrogens is 284 g/mol. The van der Waals surface area contributed by atoms with Crippen LogP contribution in [0, 0.1) is 22.7 Å². The van der Waals surface area contributed by atoms with Crippen molar-refractivity contribution in [1.82, 2.24) is 0 Å². The normalized spacial score (nSPS) is 46.3. The van der Waals surface area contributed by atoms with Crippen molar-refractivity contribution >= 4 is 5.97 Å². The van der Waals surface area contributed by atoms with Gasteiger partial charge in [-0.3, -0.25) is 4.79 Å². The van der Waals surface area contributed by atoms with Gasteiger partial charge in [-0.2, -0.15) is 0 Å². The highest BCUT2D eigenvalue weighted by Crippen LogP contribution is 2.76. The molecule has 0 saturated heterocycles. The zero-order valence-electron chi connectivity index (χ0n) is 13.8. The number of rotatable bonds is 4. The first-order chi connectivity index (χ1) is 10.4. The van der Waals surface area contributed by atoms with E-state index in [0.717, 1.165) is 18.4 Å². The van der Waals surface area contributed by atoms with Crippen molar-refractivity contribution in [2.24, 2.45) is 22.7 Å². The molecule has 124 valence electrons. The number of carbonyl (C=O) groups excluding carboxylic acids is 1. The summed E-state index contributed by atoms with van der Waals surface area (Å²) in [6.45, 7) is 4.42. The summed E-state index contributed by atoms with van der Waals surface area (Å²) in [6, 6.07) is 0. The SMILES string of the molecule is COCO[C@H]1C(C)=CC[C@@H]2[C@@H]1[C@@H](O)C[C@@]1(C(=O)OC)C[C@@]21C. The third-order valence-corrected chi connectivity index (χ3v) is 6.36. The zero-order valence-corrected chi connectivity index (χ0v) is 13.8. The van der Waals surface area contributed by atoms with Crippen LogP contribution in [0.2, 0.25) is 0 Å². The molecule has 3 aliphatic rings.